The number of aliphatic carboxylic acids is 1. The highest BCUT2D eigenvalue weighted by molar-refractivity contribution is 5.80. The van der Waals surface area contributed by atoms with Crippen LogP contribution in [0.25, 0.3) is 0 Å². The molecule has 1 heterocycles. The first-order valence-electron chi connectivity index (χ1n) is 5.80. The Morgan fingerprint density at radius 2 is 2.18 bits per heavy atom. The molecule has 2 unspecified atom stereocenters. The van der Waals surface area contributed by atoms with E-state index in [1.165, 1.54) is 11.9 Å². The molecule has 0 saturated carbocycles. The number of hydrogen-bond donors (Lipinski definition) is 1. The molecule has 1 aliphatic heterocycles. The lowest BCUT2D eigenvalue weighted by Gasteiger charge is -2.39. The van der Waals surface area contributed by atoms with Crippen LogP contribution < -0.4 is 0 Å². The molecule has 1 saturated heterocycles. The van der Waals surface area contributed by atoms with Crippen molar-refractivity contribution in [2.45, 2.75) is 32.4 Å². The molecule has 0 aromatic carbocycles. The van der Waals surface area contributed by atoms with Gasteiger partial charge in [-0.2, -0.15) is 0 Å². The van der Waals surface area contributed by atoms with E-state index in [2.05, 4.69) is 0 Å². The number of carboxylic acid groups (broad SMARTS) is 1. The molecule has 0 aromatic rings. The van der Waals surface area contributed by atoms with Crippen LogP contribution in [-0.4, -0.2) is 65.8 Å². The van der Waals surface area contributed by atoms with Gasteiger partial charge in [0.2, 0.25) is 0 Å². The molecule has 0 aliphatic carbocycles. The summed E-state index contributed by atoms with van der Waals surface area (Å²) in [5.74, 6) is -1.00. The van der Waals surface area contributed by atoms with Crippen molar-refractivity contribution >= 4 is 12.0 Å². The maximum atomic E-state index is 12.1. The summed E-state index contributed by atoms with van der Waals surface area (Å²) in [7, 11) is 1.50. The predicted molar refractivity (Wildman–Crippen MR) is 61.9 cm³/mol. The van der Waals surface area contributed by atoms with Crippen molar-refractivity contribution in [3.05, 3.63) is 0 Å². The summed E-state index contributed by atoms with van der Waals surface area (Å²) in [4.78, 5) is 25.6. The maximum absolute atomic E-state index is 12.1. The summed E-state index contributed by atoms with van der Waals surface area (Å²) in [6.45, 7) is 4.65. The number of urea groups is 1. The van der Waals surface area contributed by atoms with Crippen LogP contribution in [0.2, 0.25) is 0 Å². The second-order valence-electron chi connectivity index (χ2n) is 4.39. The maximum Gasteiger partial charge on any atom is 0.323 e. The summed E-state index contributed by atoms with van der Waals surface area (Å²) >= 11 is 0. The van der Waals surface area contributed by atoms with Crippen molar-refractivity contribution in [1.29, 1.82) is 0 Å². The number of carbonyl (C=O) groups excluding carboxylic acids is 1. The molecule has 17 heavy (non-hydrogen) atoms. The first-order valence-corrected chi connectivity index (χ1v) is 5.80. The minimum absolute atomic E-state index is 0.0000203. The second-order valence-corrected chi connectivity index (χ2v) is 4.39. The highest BCUT2D eigenvalue weighted by Gasteiger charge is 2.31. The Kier molecular flexibility index (Phi) is 4.74. The molecule has 0 bridgehead atoms. The molecule has 6 heteroatoms. The number of carbonyl (C=O) groups is 2. The first kappa shape index (κ1) is 13.8. The molecular weight excluding hydrogens is 224 g/mol. The smallest absolute Gasteiger partial charge is 0.323 e. The van der Waals surface area contributed by atoms with Crippen molar-refractivity contribution in [2.24, 2.45) is 0 Å². The van der Waals surface area contributed by atoms with Gasteiger partial charge >= 0.3 is 12.0 Å². The molecule has 0 aromatic heterocycles. The third-order valence-corrected chi connectivity index (χ3v) is 2.88. The lowest BCUT2D eigenvalue weighted by atomic mass is 10.1. The highest BCUT2D eigenvalue weighted by atomic mass is 16.5. The molecule has 98 valence electrons. The van der Waals surface area contributed by atoms with Gasteiger partial charge in [0.25, 0.3) is 0 Å². The topological polar surface area (TPSA) is 70.1 Å². The zero-order valence-corrected chi connectivity index (χ0v) is 10.5. The van der Waals surface area contributed by atoms with Crippen molar-refractivity contribution in [2.75, 3.05) is 26.7 Å². The Morgan fingerprint density at radius 1 is 1.53 bits per heavy atom. The fraction of sp³-hybridized carbons (Fsp3) is 0.818. The van der Waals surface area contributed by atoms with Gasteiger partial charge in [-0.3, -0.25) is 4.79 Å². The monoisotopic (exact) mass is 244 g/mol. The van der Waals surface area contributed by atoms with Crippen LogP contribution in [-0.2, 0) is 9.53 Å². The molecule has 1 aliphatic rings. The van der Waals surface area contributed by atoms with E-state index >= 15 is 0 Å². The SMILES string of the molecule is CCC1COC(C)CN1C(=O)N(C)CC(=O)O. The van der Waals surface area contributed by atoms with Gasteiger partial charge in [0.1, 0.15) is 6.54 Å². The second kappa shape index (κ2) is 5.86. The molecule has 1 N–H and O–H groups in total. The van der Waals surface area contributed by atoms with Gasteiger partial charge in [-0.15, -0.1) is 0 Å². The van der Waals surface area contributed by atoms with E-state index in [0.717, 1.165) is 6.42 Å². The van der Waals surface area contributed by atoms with Crippen LogP contribution in [0.1, 0.15) is 20.3 Å². The average Bonchev–Trinajstić information content (AvgIpc) is 2.27. The molecule has 1 rings (SSSR count). The van der Waals surface area contributed by atoms with Crippen LogP contribution in [0.5, 0.6) is 0 Å². The number of amides is 2. The van der Waals surface area contributed by atoms with Crippen molar-refractivity contribution in [1.82, 2.24) is 9.80 Å². The van der Waals surface area contributed by atoms with Crippen LogP contribution in [0.3, 0.4) is 0 Å². The Balaban J connectivity index is 2.66. The zero-order valence-electron chi connectivity index (χ0n) is 10.5. The van der Waals surface area contributed by atoms with E-state index in [9.17, 15) is 9.59 Å². The standard InChI is InChI=1S/C11H20N2O4/c1-4-9-7-17-8(2)5-13(9)11(16)12(3)6-10(14)15/h8-9H,4-7H2,1-3H3,(H,14,15). The van der Waals surface area contributed by atoms with E-state index in [1.54, 1.807) is 4.90 Å². The predicted octanol–water partition coefficient (Wildman–Crippen LogP) is 0.622. The van der Waals surface area contributed by atoms with E-state index in [0.29, 0.717) is 13.2 Å². The minimum Gasteiger partial charge on any atom is -0.480 e. The van der Waals surface area contributed by atoms with E-state index in [-0.39, 0.29) is 24.7 Å². The Labute approximate surface area is 101 Å². The van der Waals surface area contributed by atoms with E-state index in [1.807, 2.05) is 13.8 Å². The van der Waals surface area contributed by atoms with Gasteiger partial charge in [-0.1, -0.05) is 6.92 Å². The van der Waals surface area contributed by atoms with Crippen molar-refractivity contribution < 1.29 is 19.4 Å². The van der Waals surface area contributed by atoms with Gasteiger partial charge in [0, 0.05) is 13.6 Å². The molecule has 0 spiro atoms. The summed E-state index contributed by atoms with van der Waals surface area (Å²) in [5.41, 5.74) is 0. The fourth-order valence-corrected chi connectivity index (χ4v) is 1.91. The summed E-state index contributed by atoms with van der Waals surface area (Å²) < 4.78 is 5.49. The third kappa shape index (κ3) is 3.59. The summed E-state index contributed by atoms with van der Waals surface area (Å²) in [6.07, 6.45) is 0.805. The number of nitrogens with zero attached hydrogens (tertiary/aromatic N) is 2. The molecule has 0 radical (unpaired) electrons. The largest absolute Gasteiger partial charge is 0.480 e. The number of likely N-dealkylation sites (N-methyl/N-ethyl adjacent to an activating group) is 1. The van der Waals surface area contributed by atoms with Gasteiger partial charge in [0.15, 0.2) is 0 Å². The quantitative estimate of drug-likeness (QED) is 0.790. The van der Waals surface area contributed by atoms with Crippen molar-refractivity contribution in [3.63, 3.8) is 0 Å². The molecular formula is C11H20N2O4. The Bertz CT molecular complexity index is 295. The van der Waals surface area contributed by atoms with Crippen LogP contribution >= 0.6 is 0 Å². The summed E-state index contributed by atoms with van der Waals surface area (Å²) in [6, 6.07) is -0.204. The van der Waals surface area contributed by atoms with Gasteiger partial charge in [0.05, 0.1) is 18.8 Å². The van der Waals surface area contributed by atoms with Gasteiger partial charge in [-0.05, 0) is 13.3 Å². The first-order chi connectivity index (χ1) is 7.95. The normalized spacial score (nSPS) is 24.5. The Hall–Kier alpha value is -1.30. The molecule has 1 fully saturated rings. The number of ether oxygens (including phenoxy) is 1. The number of hydrogen-bond acceptors (Lipinski definition) is 3. The van der Waals surface area contributed by atoms with Crippen molar-refractivity contribution in [3.8, 4) is 0 Å². The zero-order chi connectivity index (χ0) is 13.0. The van der Waals surface area contributed by atoms with Crippen LogP contribution in [0.15, 0.2) is 0 Å². The lowest BCUT2D eigenvalue weighted by Crippen LogP contribution is -2.55. The van der Waals surface area contributed by atoms with E-state index < -0.39 is 5.97 Å². The minimum atomic E-state index is -1.00. The molecule has 2 amide bonds. The van der Waals surface area contributed by atoms with Gasteiger partial charge in [-0.25, -0.2) is 4.79 Å². The third-order valence-electron chi connectivity index (χ3n) is 2.88. The Morgan fingerprint density at radius 3 is 2.71 bits per heavy atom. The fourth-order valence-electron chi connectivity index (χ4n) is 1.91. The summed E-state index contributed by atoms with van der Waals surface area (Å²) in [5, 5.41) is 8.67. The number of rotatable bonds is 3. The van der Waals surface area contributed by atoms with Crippen LogP contribution in [0.4, 0.5) is 4.79 Å². The van der Waals surface area contributed by atoms with Gasteiger partial charge < -0.3 is 19.6 Å². The van der Waals surface area contributed by atoms with E-state index in [4.69, 9.17) is 9.84 Å². The molecule has 6 nitrogen and oxygen atoms in total. The average molecular weight is 244 g/mol. The highest BCUT2D eigenvalue weighted by Crippen LogP contribution is 2.16. The molecule has 2 atom stereocenters. The lowest BCUT2D eigenvalue weighted by molar-refractivity contribution is -0.137. The number of morpholine rings is 1. The number of carboxylic acids is 1. The van der Waals surface area contributed by atoms with Crippen LogP contribution in [0, 0.1) is 0 Å².